The summed E-state index contributed by atoms with van der Waals surface area (Å²) < 4.78 is 0. The molecule has 1 aromatic rings. The van der Waals surface area contributed by atoms with Gasteiger partial charge in [0.2, 0.25) is 0 Å². The molecule has 1 unspecified atom stereocenters. The second-order valence-corrected chi connectivity index (χ2v) is 6.78. The Kier molecular flexibility index (Phi) is 6.02. The fourth-order valence-electron chi connectivity index (χ4n) is 2.05. The molecule has 0 aliphatic carbocycles. The maximum atomic E-state index is 12.0. The Morgan fingerprint density at radius 3 is 2.55 bits per heavy atom. The third kappa shape index (κ3) is 4.49. The van der Waals surface area contributed by atoms with E-state index in [9.17, 15) is 9.90 Å². The van der Waals surface area contributed by atoms with E-state index in [-0.39, 0.29) is 17.2 Å². The summed E-state index contributed by atoms with van der Waals surface area (Å²) >= 11 is 1.54. The maximum absolute atomic E-state index is 12.0. The van der Waals surface area contributed by atoms with Crippen LogP contribution in [0.15, 0.2) is 23.4 Å². The van der Waals surface area contributed by atoms with Gasteiger partial charge in [-0.05, 0) is 24.3 Å². The molecule has 0 bridgehead atoms. The molecule has 4 nitrogen and oxygen atoms in total. The zero-order valence-corrected chi connectivity index (χ0v) is 13.6. The fraction of sp³-hybridized carbons (Fsp3) is 0.600. The van der Waals surface area contributed by atoms with Crippen LogP contribution in [0.3, 0.4) is 0 Å². The number of nitrogens with zero attached hydrogens (tertiary/aromatic N) is 1. The van der Waals surface area contributed by atoms with Gasteiger partial charge in [-0.25, -0.2) is 4.98 Å². The van der Waals surface area contributed by atoms with Crippen molar-refractivity contribution < 1.29 is 9.90 Å². The SMILES string of the molecule is CSc1ccc(C(=O)NCC(C)(C)C(O)C(C)C)cn1. The van der Waals surface area contributed by atoms with Gasteiger partial charge in [0.1, 0.15) is 0 Å². The largest absolute Gasteiger partial charge is 0.392 e. The summed E-state index contributed by atoms with van der Waals surface area (Å²) in [6.07, 6.45) is 3.06. The van der Waals surface area contributed by atoms with Crippen molar-refractivity contribution in [2.75, 3.05) is 12.8 Å². The van der Waals surface area contributed by atoms with Gasteiger partial charge in [-0.15, -0.1) is 11.8 Å². The first-order valence-corrected chi connectivity index (χ1v) is 7.96. The summed E-state index contributed by atoms with van der Waals surface area (Å²) in [5.74, 6) is -0.00128. The first kappa shape index (κ1) is 17.0. The number of aromatic nitrogens is 1. The van der Waals surface area contributed by atoms with Crippen LogP contribution in [0.25, 0.3) is 0 Å². The number of thioether (sulfide) groups is 1. The molecule has 0 aliphatic rings. The van der Waals surface area contributed by atoms with Crippen molar-refractivity contribution in [1.82, 2.24) is 10.3 Å². The van der Waals surface area contributed by atoms with Crippen molar-refractivity contribution in [3.05, 3.63) is 23.9 Å². The molecular weight excluding hydrogens is 272 g/mol. The van der Waals surface area contributed by atoms with Crippen LogP contribution in [0.4, 0.5) is 0 Å². The number of nitrogens with one attached hydrogen (secondary N) is 1. The number of hydrogen-bond acceptors (Lipinski definition) is 4. The minimum atomic E-state index is -0.459. The number of carbonyl (C=O) groups is 1. The van der Waals surface area contributed by atoms with Crippen molar-refractivity contribution >= 4 is 17.7 Å². The molecule has 0 aromatic carbocycles. The number of aliphatic hydroxyl groups is 1. The van der Waals surface area contributed by atoms with Crippen LogP contribution in [0.5, 0.6) is 0 Å². The number of carbonyl (C=O) groups excluding carboxylic acids is 1. The van der Waals surface area contributed by atoms with Crippen LogP contribution in [-0.2, 0) is 0 Å². The Bertz CT molecular complexity index is 444. The molecule has 0 saturated heterocycles. The Hall–Kier alpha value is -1.07. The molecule has 1 atom stereocenters. The van der Waals surface area contributed by atoms with Crippen molar-refractivity contribution in [3.8, 4) is 0 Å². The molecule has 0 aliphatic heterocycles. The molecule has 2 N–H and O–H groups in total. The third-order valence-corrected chi connectivity index (χ3v) is 4.00. The van der Waals surface area contributed by atoms with E-state index in [1.54, 1.807) is 12.3 Å². The molecule has 0 fully saturated rings. The third-order valence-electron chi connectivity index (χ3n) is 3.34. The van der Waals surface area contributed by atoms with Crippen LogP contribution in [0, 0.1) is 11.3 Å². The first-order valence-electron chi connectivity index (χ1n) is 6.74. The topological polar surface area (TPSA) is 62.2 Å². The summed E-state index contributed by atoms with van der Waals surface area (Å²) in [7, 11) is 0. The molecule has 20 heavy (non-hydrogen) atoms. The molecule has 112 valence electrons. The van der Waals surface area contributed by atoms with Crippen molar-refractivity contribution in [2.24, 2.45) is 11.3 Å². The predicted molar refractivity (Wildman–Crippen MR) is 83.0 cm³/mol. The van der Waals surface area contributed by atoms with Crippen LogP contribution < -0.4 is 5.32 Å². The highest BCUT2D eigenvalue weighted by atomic mass is 32.2. The highest BCUT2D eigenvalue weighted by Gasteiger charge is 2.30. The van der Waals surface area contributed by atoms with Crippen LogP contribution in [-0.4, -0.2) is 34.9 Å². The van der Waals surface area contributed by atoms with Crippen LogP contribution >= 0.6 is 11.8 Å². The van der Waals surface area contributed by atoms with E-state index >= 15 is 0 Å². The second-order valence-electron chi connectivity index (χ2n) is 5.95. The van der Waals surface area contributed by atoms with E-state index in [0.717, 1.165) is 5.03 Å². The fourth-order valence-corrected chi connectivity index (χ4v) is 2.41. The van der Waals surface area contributed by atoms with Gasteiger partial charge in [-0.3, -0.25) is 4.79 Å². The van der Waals surface area contributed by atoms with E-state index in [1.165, 1.54) is 11.8 Å². The second kappa shape index (κ2) is 7.09. The molecule has 0 radical (unpaired) electrons. The van der Waals surface area contributed by atoms with Crippen LogP contribution in [0.2, 0.25) is 0 Å². The normalized spacial score (nSPS) is 13.3. The minimum Gasteiger partial charge on any atom is -0.392 e. The zero-order valence-electron chi connectivity index (χ0n) is 12.8. The van der Waals surface area contributed by atoms with Gasteiger partial charge in [-0.2, -0.15) is 0 Å². The van der Waals surface area contributed by atoms with E-state index in [0.29, 0.717) is 12.1 Å². The monoisotopic (exact) mass is 296 g/mol. The number of pyridine rings is 1. The maximum Gasteiger partial charge on any atom is 0.252 e. The molecule has 1 heterocycles. The number of hydrogen-bond donors (Lipinski definition) is 2. The lowest BCUT2D eigenvalue weighted by molar-refractivity contribution is 0.0138. The molecule has 1 rings (SSSR count). The lowest BCUT2D eigenvalue weighted by Gasteiger charge is -2.33. The lowest BCUT2D eigenvalue weighted by Crippen LogP contribution is -2.43. The van der Waals surface area contributed by atoms with Gasteiger partial charge >= 0.3 is 0 Å². The van der Waals surface area contributed by atoms with Gasteiger partial charge in [0.05, 0.1) is 16.7 Å². The quantitative estimate of drug-likeness (QED) is 0.792. The Morgan fingerprint density at radius 1 is 1.45 bits per heavy atom. The van der Waals surface area contributed by atoms with Gasteiger partial charge in [-0.1, -0.05) is 27.7 Å². The average Bonchev–Trinajstić information content (AvgIpc) is 2.44. The summed E-state index contributed by atoms with van der Waals surface area (Å²) in [6.45, 7) is 8.27. The van der Waals surface area contributed by atoms with E-state index in [2.05, 4.69) is 10.3 Å². The number of amides is 1. The van der Waals surface area contributed by atoms with Gasteiger partial charge < -0.3 is 10.4 Å². The lowest BCUT2D eigenvalue weighted by atomic mass is 9.80. The van der Waals surface area contributed by atoms with Gasteiger partial charge in [0.25, 0.3) is 5.91 Å². The van der Waals surface area contributed by atoms with Crippen LogP contribution in [0.1, 0.15) is 38.1 Å². The summed E-state index contributed by atoms with van der Waals surface area (Å²) in [5, 5.41) is 13.9. The highest BCUT2D eigenvalue weighted by molar-refractivity contribution is 7.98. The zero-order chi connectivity index (χ0) is 15.3. The molecule has 5 heteroatoms. The average molecular weight is 296 g/mol. The first-order chi connectivity index (χ1) is 9.27. The molecule has 0 spiro atoms. The molecular formula is C15H24N2O2S. The van der Waals surface area contributed by atoms with E-state index in [1.807, 2.05) is 40.0 Å². The smallest absolute Gasteiger partial charge is 0.252 e. The molecule has 1 aromatic heterocycles. The minimum absolute atomic E-state index is 0.157. The van der Waals surface area contributed by atoms with Gasteiger partial charge in [0, 0.05) is 18.2 Å². The number of aliphatic hydroxyl groups excluding tert-OH is 1. The Balaban J connectivity index is 2.62. The molecule has 1 amide bonds. The van der Waals surface area contributed by atoms with Crippen molar-refractivity contribution in [1.29, 1.82) is 0 Å². The Morgan fingerprint density at radius 2 is 2.10 bits per heavy atom. The molecule has 0 saturated carbocycles. The standard InChI is InChI=1S/C15H24N2O2S/c1-10(2)13(18)15(3,4)9-17-14(19)11-6-7-12(20-5)16-8-11/h6-8,10,13,18H,9H2,1-5H3,(H,17,19). The van der Waals surface area contributed by atoms with E-state index in [4.69, 9.17) is 0 Å². The van der Waals surface area contributed by atoms with Gasteiger partial charge in [0.15, 0.2) is 0 Å². The summed E-state index contributed by atoms with van der Waals surface area (Å²) in [6, 6.07) is 3.59. The summed E-state index contributed by atoms with van der Waals surface area (Å²) in [5.41, 5.74) is 0.175. The predicted octanol–water partition coefficient (Wildman–Crippen LogP) is 2.58. The van der Waals surface area contributed by atoms with Crippen molar-refractivity contribution in [2.45, 2.75) is 38.8 Å². The summed E-state index contributed by atoms with van der Waals surface area (Å²) in [4.78, 5) is 16.2. The van der Waals surface area contributed by atoms with Crippen molar-refractivity contribution in [3.63, 3.8) is 0 Å². The Labute approximate surface area is 125 Å². The number of rotatable bonds is 6. The van der Waals surface area contributed by atoms with E-state index < -0.39 is 6.10 Å². The highest BCUT2D eigenvalue weighted by Crippen LogP contribution is 2.25.